The van der Waals surface area contributed by atoms with E-state index in [0.29, 0.717) is 5.56 Å². The van der Waals surface area contributed by atoms with Gasteiger partial charge in [-0.25, -0.2) is 4.68 Å². The maximum absolute atomic E-state index is 12.2. The Bertz CT molecular complexity index is 774. The standard InChI is InChI=1S/C17H19ClN2O3/c1-11(21)13-7-5-12(6-8-13)10-23-14-9-19-20(17(2,3)4)16(22)15(14)18/h5-9H,10H2,1-4H3. The van der Waals surface area contributed by atoms with Crippen LogP contribution in [0.2, 0.25) is 5.02 Å². The molecule has 0 aliphatic rings. The Kier molecular flexibility index (Phi) is 4.90. The van der Waals surface area contributed by atoms with Gasteiger partial charge in [-0.2, -0.15) is 5.10 Å². The molecule has 0 amide bonds. The Labute approximate surface area is 139 Å². The van der Waals surface area contributed by atoms with Gasteiger partial charge in [0.25, 0.3) is 5.56 Å². The number of benzene rings is 1. The number of carbonyl (C=O) groups is 1. The van der Waals surface area contributed by atoms with Crippen LogP contribution in [-0.4, -0.2) is 15.6 Å². The molecule has 2 rings (SSSR count). The van der Waals surface area contributed by atoms with Gasteiger partial charge < -0.3 is 4.74 Å². The van der Waals surface area contributed by atoms with Crippen molar-refractivity contribution in [3.8, 4) is 5.75 Å². The first-order chi connectivity index (χ1) is 10.7. The molecule has 2 aromatic rings. The summed E-state index contributed by atoms with van der Waals surface area (Å²) in [7, 11) is 0. The Morgan fingerprint density at radius 1 is 1.26 bits per heavy atom. The number of ketones is 1. The summed E-state index contributed by atoms with van der Waals surface area (Å²) >= 11 is 6.09. The van der Waals surface area contributed by atoms with E-state index in [4.69, 9.17) is 16.3 Å². The van der Waals surface area contributed by atoms with Gasteiger partial charge in [-0.15, -0.1) is 0 Å². The van der Waals surface area contributed by atoms with E-state index in [1.165, 1.54) is 17.8 Å². The minimum atomic E-state index is -0.457. The molecule has 122 valence electrons. The maximum Gasteiger partial charge on any atom is 0.289 e. The van der Waals surface area contributed by atoms with Crippen LogP contribution in [0, 0.1) is 0 Å². The van der Waals surface area contributed by atoms with Gasteiger partial charge in [0.2, 0.25) is 0 Å². The van der Waals surface area contributed by atoms with E-state index < -0.39 is 5.54 Å². The number of nitrogens with zero attached hydrogens (tertiary/aromatic N) is 2. The van der Waals surface area contributed by atoms with Crippen LogP contribution in [0.1, 0.15) is 43.6 Å². The highest BCUT2D eigenvalue weighted by molar-refractivity contribution is 6.31. The number of Topliss-reactive ketones (excluding diaryl/α,β-unsaturated/α-hetero) is 1. The van der Waals surface area contributed by atoms with E-state index in [1.54, 1.807) is 24.3 Å². The molecule has 0 saturated carbocycles. The molecule has 0 fully saturated rings. The summed E-state index contributed by atoms with van der Waals surface area (Å²) in [6.07, 6.45) is 1.44. The first kappa shape index (κ1) is 17.2. The Balaban J connectivity index is 2.17. The number of aromatic nitrogens is 2. The van der Waals surface area contributed by atoms with Crippen molar-refractivity contribution < 1.29 is 9.53 Å². The van der Waals surface area contributed by atoms with Crippen molar-refractivity contribution in [2.45, 2.75) is 39.8 Å². The molecule has 0 atom stereocenters. The summed E-state index contributed by atoms with van der Waals surface area (Å²) in [5.41, 5.74) is 0.665. The second-order valence-electron chi connectivity index (χ2n) is 6.25. The van der Waals surface area contributed by atoms with Crippen LogP contribution in [0.4, 0.5) is 0 Å². The van der Waals surface area contributed by atoms with Crippen molar-refractivity contribution >= 4 is 17.4 Å². The zero-order valence-corrected chi connectivity index (χ0v) is 14.3. The first-order valence-corrected chi connectivity index (χ1v) is 7.59. The molecule has 23 heavy (non-hydrogen) atoms. The average molecular weight is 335 g/mol. The molecule has 0 bridgehead atoms. The fraction of sp³-hybridized carbons (Fsp3) is 0.353. The highest BCUT2D eigenvalue weighted by Crippen LogP contribution is 2.21. The molecule has 0 unspecified atom stereocenters. The highest BCUT2D eigenvalue weighted by atomic mass is 35.5. The Morgan fingerprint density at radius 3 is 2.39 bits per heavy atom. The summed E-state index contributed by atoms with van der Waals surface area (Å²) in [5.74, 6) is 0.253. The van der Waals surface area contributed by atoms with Gasteiger partial charge in [0.1, 0.15) is 6.61 Å². The molecule has 0 spiro atoms. The third-order valence-corrected chi connectivity index (χ3v) is 3.63. The molecule has 1 aromatic heterocycles. The number of rotatable bonds is 4. The van der Waals surface area contributed by atoms with Crippen LogP contribution < -0.4 is 10.3 Å². The van der Waals surface area contributed by atoms with Crippen molar-refractivity contribution in [1.82, 2.24) is 9.78 Å². The van der Waals surface area contributed by atoms with E-state index in [0.717, 1.165) is 5.56 Å². The van der Waals surface area contributed by atoms with Crippen LogP contribution in [-0.2, 0) is 12.1 Å². The maximum atomic E-state index is 12.2. The van der Waals surface area contributed by atoms with Crippen LogP contribution in [0.5, 0.6) is 5.75 Å². The molecular formula is C17H19ClN2O3. The lowest BCUT2D eigenvalue weighted by atomic mass is 10.1. The number of carbonyl (C=O) groups excluding carboxylic acids is 1. The third kappa shape index (κ3) is 3.99. The van der Waals surface area contributed by atoms with Gasteiger partial charge in [0.15, 0.2) is 16.6 Å². The zero-order valence-electron chi connectivity index (χ0n) is 13.6. The van der Waals surface area contributed by atoms with Gasteiger partial charge in [0.05, 0.1) is 11.7 Å². The molecule has 5 nitrogen and oxygen atoms in total. The molecule has 1 heterocycles. The fourth-order valence-electron chi connectivity index (χ4n) is 1.99. The second kappa shape index (κ2) is 6.54. The summed E-state index contributed by atoms with van der Waals surface area (Å²) in [6, 6.07) is 7.07. The largest absolute Gasteiger partial charge is 0.485 e. The molecule has 1 aromatic carbocycles. The first-order valence-electron chi connectivity index (χ1n) is 7.21. The van der Waals surface area contributed by atoms with Crippen molar-refractivity contribution in [1.29, 1.82) is 0 Å². The third-order valence-electron chi connectivity index (χ3n) is 3.28. The van der Waals surface area contributed by atoms with Crippen molar-refractivity contribution in [2.75, 3.05) is 0 Å². The minimum absolute atomic E-state index is 0.00952. The number of hydrogen-bond donors (Lipinski definition) is 0. The monoisotopic (exact) mass is 334 g/mol. The topological polar surface area (TPSA) is 61.2 Å². The summed E-state index contributed by atoms with van der Waals surface area (Å²) < 4.78 is 6.90. The van der Waals surface area contributed by atoms with Crippen LogP contribution in [0.15, 0.2) is 35.3 Å². The van der Waals surface area contributed by atoms with Crippen LogP contribution >= 0.6 is 11.6 Å². The van der Waals surface area contributed by atoms with E-state index in [9.17, 15) is 9.59 Å². The van der Waals surface area contributed by atoms with Gasteiger partial charge in [-0.1, -0.05) is 35.9 Å². The number of ether oxygens (including phenoxy) is 1. The van der Waals surface area contributed by atoms with Gasteiger partial charge in [-0.05, 0) is 33.3 Å². The molecule has 0 aliphatic heterocycles. The van der Waals surface area contributed by atoms with E-state index in [1.807, 2.05) is 20.8 Å². The van der Waals surface area contributed by atoms with Crippen LogP contribution in [0.25, 0.3) is 0 Å². The molecule has 6 heteroatoms. The van der Waals surface area contributed by atoms with E-state index >= 15 is 0 Å². The zero-order chi connectivity index (χ0) is 17.2. The minimum Gasteiger partial charge on any atom is -0.485 e. The molecule has 0 saturated heterocycles. The number of hydrogen-bond acceptors (Lipinski definition) is 4. The lowest BCUT2D eigenvalue weighted by molar-refractivity contribution is 0.101. The lowest BCUT2D eigenvalue weighted by Crippen LogP contribution is -2.36. The normalized spacial score (nSPS) is 11.3. The molecule has 0 radical (unpaired) electrons. The summed E-state index contributed by atoms with van der Waals surface area (Å²) in [6.45, 7) is 7.36. The predicted molar refractivity (Wildman–Crippen MR) is 89.3 cm³/mol. The van der Waals surface area contributed by atoms with Crippen molar-refractivity contribution in [3.05, 3.63) is 57.0 Å². The Morgan fingerprint density at radius 2 is 1.87 bits per heavy atom. The Hall–Kier alpha value is -2.14. The molecule has 0 N–H and O–H groups in total. The summed E-state index contributed by atoms with van der Waals surface area (Å²) in [4.78, 5) is 23.5. The van der Waals surface area contributed by atoms with Crippen molar-refractivity contribution in [2.24, 2.45) is 0 Å². The van der Waals surface area contributed by atoms with E-state index in [-0.39, 0.29) is 28.7 Å². The van der Waals surface area contributed by atoms with E-state index in [2.05, 4.69) is 5.10 Å². The average Bonchev–Trinajstić information content (AvgIpc) is 2.48. The molecular weight excluding hydrogens is 316 g/mol. The summed E-state index contributed by atoms with van der Waals surface area (Å²) in [5, 5.41) is 4.12. The quantitative estimate of drug-likeness (QED) is 0.804. The van der Waals surface area contributed by atoms with Gasteiger partial charge in [-0.3, -0.25) is 9.59 Å². The van der Waals surface area contributed by atoms with Gasteiger partial charge in [0, 0.05) is 5.56 Å². The molecule has 0 aliphatic carbocycles. The SMILES string of the molecule is CC(=O)c1ccc(COc2cnn(C(C)(C)C)c(=O)c2Cl)cc1. The lowest BCUT2D eigenvalue weighted by Gasteiger charge is -2.21. The number of halogens is 1. The highest BCUT2D eigenvalue weighted by Gasteiger charge is 2.19. The fourth-order valence-corrected chi connectivity index (χ4v) is 2.18. The smallest absolute Gasteiger partial charge is 0.289 e. The van der Waals surface area contributed by atoms with Crippen LogP contribution in [0.3, 0.4) is 0 Å². The second-order valence-corrected chi connectivity index (χ2v) is 6.63. The predicted octanol–water partition coefficient (Wildman–Crippen LogP) is 3.43. The van der Waals surface area contributed by atoms with Gasteiger partial charge >= 0.3 is 0 Å². The van der Waals surface area contributed by atoms with Crippen molar-refractivity contribution in [3.63, 3.8) is 0 Å².